The largest absolute Gasteiger partial charge is 0.480 e. The van der Waals surface area contributed by atoms with Gasteiger partial charge in [0, 0.05) is 6.20 Å². The van der Waals surface area contributed by atoms with Gasteiger partial charge in [0.15, 0.2) is 6.29 Å². The van der Waals surface area contributed by atoms with Gasteiger partial charge in [-0.3, -0.25) is 9.59 Å². The zero-order chi connectivity index (χ0) is 10.7. The van der Waals surface area contributed by atoms with Gasteiger partial charge in [-0.05, 0) is 11.6 Å². The van der Waals surface area contributed by atoms with Gasteiger partial charge in [-0.25, -0.2) is 4.98 Å². The molecule has 1 atom stereocenters. The van der Waals surface area contributed by atoms with E-state index in [1.165, 1.54) is 12.3 Å². The SMILES string of the molecule is Nc1ncc([C@H](N)C(=O)O)cc1C=O. The lowest BCUT2D eigenvalue weighted by molar-refractivity contribution is -0.138. The van der Waals surface area contributed by atoms with E-state index in [2.05, 4.69) is 4.98 Å². The molecule has 74 valence electrons. The lowest BCUT2D eigenvalue weighted by Crippen LogP contribution is -2.21. The van der Waals surface area contributed by atoms with E-state index in [1.807, 2.05) is 0 Å². The molecule has 0 radical (unpaired) electrons. The van der Waals surface area contributed by atoms with E-state index in [0.717, 1.165) is 0 Å². The molecule has 0 aliphatic heterocycles. The number of aldehydes is 1. The summed E-state index contributed by atoms with van der Waals surface area (Å²) in [5.41, 5.74) is 11.0. The molecule has 6 heteroatoms. The highest BCUT2D eigenvalue weighted by molar-refractivity contribution is 5.83. The molecule has 0 aliphatic rings. The third-order valence-electron chi connectivity index (χ3n) is 1.72. The maximum atomic E-state index is 10.5. The van der Waals surface area contributed by atoms with E-state index in [-0.39, 0.29) is 16.9 Å². The molecule has 1 aromatic rings. The summed E-state index contributed by atoms with van der Waals surface area (Å²) in [6.45, 7) is 0. The van der Waals surface area contributed by atoms with Crippen molar-refractivity contribution in [3.8, 4) is 0 Å². The smallest absolute Gasteiger partial charge is 0.325 e. The number of carboxylic acid groups (broad SMARTS) is 1. The van der Waals surface area contributed by atoms with Crippen molar-refractivity contribution in [2.45, 2.75) is 6.04 Å². The number of carboxylic acids is 1. The Morgan fingerprint density at radius 1 is 1.64 bits per heavy atom. The van der Waals surface area contributed by atoms with Crippen LogP contribution >= 0.6 is 0 Å². The highest BCUT2D eigenvalue weighted by atomic mass is 16.4. The first kappa shape index (κ1) is 10.1. The van der Waals surface area contributed by atoms with Gasteiger partial charge in [-0.15, -0.1) is 0 Å². The minimum absolute atomic E-state index is 0.0568. The molecule has 0 bridgehead atoms. The van der Waals surface area contributed by atoms with Crippen molar-refractivity contribution in [2.75, 3.05) is 5.73 Å². The fraction of sp³-hybridized carbons (Fsp3) is 0.125. The Hall–Kier alpha value is -1.95. The van der Waals surface area contributed by atoms with Crippen molar-refractivity contribution in [3.05, 3.63) is 23.4 Å². The Labute approximate surface area is 79.5 Å². The number of hydrogen-bond acceptors (Lipinski definition) is 5. The van der Waals surface area contributed by atoms with Gasteiger partial charge in [-0.1, -0.05) is 0 Å². The summed E-state index contributed by atoms with van der Waals surface area (Å²) in [4.78, 5) is 24.6. The molecule has 0 aliphatic carbocycles. The zero-order valence-electron chi connectivity index (χ0n) is 7.18. The maximum Gasteiger partial charge on any atom is 0.325 e. The number of nitrogens with two attached hydrogens (primary N) is 2. The molecule has 0 spiro atoms. The molecule has 0 fully saturated rings. The van der Waals surface area contributed by atoms with E-state index in [0.29, 0.717) is 6.29 Å². The molecule has 0 unspecified atom stereocenters. The van der Waals surface area contributed by atoms with Gasteiger partial charge >= 0.3 is 5.97 Å². The van der Waals surface area contributed by atoms with Gasteiger partial charge in [0.05, 0.1) is 5.56 Å². The first-order valence-corrected chi connectivity index (χ1v) is 3.75. The predicted octanol–water partition coefficient (Wildman–Crippen LogP) is -0.439. The lowest BCUT2D eigenvalue weighted by atomic mass is 10.1. The summed E-state index contributed by atoms with van der Waals surface area (Å²) in [5, 5.41) is 8.60. The summed E-state index contributed by atoms with van der Waals surface area (Å²) in [7, 11) is 0. The van der Waals surface area contributed by atoms with Crippen molar-refractivity contribution in [3.63, 3.8) is 0 Å². The molecule has 0 amide bonds. The standard InChI is InChI=1S/C8H9N3O3/c9-6(8(13)14)4-1-5(3-12)7(10)11-2-4/h1-3,6H,9H2,(H2,10,11)(H,13,14)/t6-/m0/s1. The van der Waals surface area contributed by atoms with Gasteiger partial charge < -0.3 is 16.6 Å². The Balaban J connectivity index is 3.12. The Morgan fingerprint density at radius 3 is 2.79 bits per heavy atom. The summed E-state index contributed by atoms with van der Waals surface area (Å²) >= 11 is 0. The van der Waals surface area contributed by atoms with E-state index >= 15 is 0 Å². The zero-order valence-corrected chi connectivity index (χ0v) is 7.18. The molecule has 1 heterocycles. The summed E-state index contributed by atoms with van der Waals surface area (Å²) in [6, 6.07) is 0.121. The second-order valence-corrected chi connectivity index (χ2v) is 2.68. The number of hydrogen-bond donors (Lipinski definition) is 3. The number of pyridine rings is 1. The molecule has 5 N–H and O–H groups in total. The number of nitrogens with zero attached hydrogens (tertiary/aromatic N) is 1. The number of anilines is 1. The first-order valence-electron chi connectivity index (χ1n) is 3.75. The highest BCUT2D eigenvalue weighted by Gasteiger charge is 2.15. The molecular formula is C8H9N3O3. The molecule has 0 aromatic carbocycles. The minimum Gasteiger partial charge on any atom is -0.480 e. The van der Waals surface area contributed by atoms with Crippen molar-refractivity contribution in [2.24, 2.45) is 5.73 Å². The normalized spacial score (nSPS) is 12.1. The van der Waals surface area contributed by atoms with E-state index in [4.69, 9.17) is 16.6 Å². The molecule has 0 saturated carbocycles. The monoisotopic (exact) mass is 195 g/mol. The van der Waals surface area contributed by atoms with Crippen LogP contribution in [0, 0.1) is 0 Å². The number of carbonyl (C=O) groups excluding carboxylic acids is 1. The first-order chi connectivity index (χ1) is 6.56. The average molecular weight is 195 g/mol. The van der Waals surface area contributed by atoms with Gasteiger partial charge in [0.2, 0.25) is 0 Å². The fourth-order valence-corrected chi connectivity index (χ4v) is 0.916. The van der Waals surface area contributed by atoms with Crippen molar-refractivity contribution >= 4 is 18.1 Å². The molecule has 14 heavy (non-hydrogen) atoms. The van der Waals surface area contributed by atoms with Crippen molar-refractivity contribution < 1.29 is 14.7 Å². The Morgan fingerprint density at radius 2 is 2.29 bits per heavy atom. The molecular weight excluding hydrogens is 186 g/mol. The summed E-state index contributed by atoms with van der Waals surface area (Å²) in [6.07, 6.45) is 1.74. The maximum absolute atomic E-state index is 10.5. The second-order valence-electron chi connectivity index (χ2n) is 2.68. The lowest BCUT2D eigenvalue weighted by Gasteiger charge is -2.07. The number of carbonyl (C=O) groups is 2. The van der Waals surface area contributed by atoms with Crippen LogP contribution in [0.15, 0.2) is 12.3 Å². The topological polar surface area (TPSA) is 119 Å². The van der Waals surface area contributed by atoms with Gasteiger partial charge in [0.25, 0.3) is 0 Å². The van der Waals surface area contributed by atoms with Crippen LogP contribution in [0.4, 0.5) is 5.82 Å². The van der Waals surface area contributed by atoms with Crippen LogP contribution in [0.3, 0.4) is 0 Å². The summed E-state index contributed by atoms with van der Waals surface area (Å²) < 4.78 is 0. The van der Waals surface area contributed by atoms with E-state index in [1.54, 1.807) is 0 Å². The molecule has 6 nitrogen and oxygen atoms in total. The van der Waals surface area contributed by atoms with Crippen LogP contribution in [0.2, 0.25) is 0 Å². The minimum atomic E-state index is -1.19. The Bertz CT molecular complexity index is 378. The third-order valence-corrected chi connectivity index (χ3v) is 1.72. The average Bonchev–Trinajstić information content (AvgIpc) is 2.17. The van der Waals surface area contributed by atoms with Crippen LogP contribution < -0.4 is 11.5 Å². The van der Waals surface area contributed by atoms with Crippen molar-refractivity contribution in [1.29, 1.82) is 0 Å². The van der Waals surface area contributed by atoms with Gasteiger partial charge in [-0.2, -0.15) is 0 Å². The van der Waals surface area contributed by atoms with Gasteiger partial charge in [0.1, 0.15) is 11.9 Å². The van der Waals surface area contributed by atoms with Crippen LogP contribution in [-0.4, -0.2) is 22.3 Å². The number of rotatable bonds is 3. The molecule has 0 saturated heterocycles. The quantitative estimate of drug-likeness (QED) is 0.562. The van der Waals surface area contributed by atoms with Crippen LogP contribution in [0.1, 0.15) is 22.0 Å². The van der Waals surface area contributed by atoms with E-state index in [9.17, 15) is 9.59 Å². The third kappa shape index (κ3) is 1.86. The number of nitrogen functional groups attached to an aromatic ring is 1. The number of aromatic nitrogens is 1. The highest BCUT2D eigenvalue weighted by Crippen LogP contribution is 2.14. The van der Waals surface area contributed by atoms with E-state index < -0.39 is 12.0 Å². The Kier molecular flexibility index (Phi) is 2.78. The fourth-order valence-electron chi connectivity index (χ4n) is 0.916. The van der Waals surface area contributed by atoms with Crippen LogP contribution in [0.25, 0.3) is 0 Å². The summed E-state index contributed by atoms with van der Waals surface area (Å²) in [5.74, 6) is -1.13. The van der Waals surface area contributed by atoms with Crippen LogP contribution in [0.5, 0.6) is 0 Å². The van der Waals surface area contributed by atoms with Crippen LogP contribution in [-0.2, 0) is 4.79 Å². The second kappa shape index (κ2) is 3.84. The number of aliphatic carboxylic acids is 1. The molecule has 1 rings (SSSR count). The predicted molar refractivity (Wildman–Crippen MR) is 48.6 cm³/mol. The molecule has 1 aromatic heterocycles. The van der Waals surface area contributed by atoms with Crippen molar-refractivity contribution in [1.82, 2.24) is 4.98 Å².